The van der Waals surface area contributed by atoms with E-state index in [1.165, 1.54) is 6.07 Å². The third-order valence-corrected chi connectivity index (χ3v) is 3.25. The average Bonchev–Trinajstić information content (AvgIpc) is 2.43. The second-order valence-electron chi connectivity index (χ2n) is 5.05. The van der Waals surface area contributed by atoms with Crippen LogP contribution in [-0.4, -0.2) is 14.1 Å². The number of hydrogen-bond donors (Lipinski definition) is 1. The molecule has 0 aliphatic heterocycles. The van der Waals surface area contributed by atoms with Crippen molar-refractivity contribution in [3.8, 4) is 0 Å². The summed E-state index contributed by atoms with van der Waals surface area (Å²) in [4.78, 5) is 1.99. The van der Waals surface area contributed by atoms with E-state index in [4.69, 9.17) is 5.73 Å². The molecule has 0 aromatic heterocycles. The van der Waals surface area contributed by atoms with Crippen LogP contribution in [0.3, 0.4) is 0 Å². The number of rotatable bonds is 4. The molecule has 0 aliphatic carbocycles. The SMILES string of the molecule is CN(C)c1cccc(C(N)Cc2ccc(F)c(F)c2)c1. The zero-order valence-corrected chi connectivity index (χ0v) is 11.6. The van der Waals surface area contributed by atoms with Gasteiger partial charge < -0.3 is 10.6 Å². The number of hydrogen-bond acceptors (Lipinski definition) is 2. The number of nitrogens with two attached hydrogens (primary N) is 1. The summed E-state index contributed by atoms with van der Waals surface area (Å²) in [6.45, 7) is 0. The molecule has 0 spiro atoms. The molecule has 106 valence electrons. The summed E-state index contributed by atoms with van der Waals surface area (Å²) in [6.07, 6.45) is 0.466. The fraction of sp³-hybridized carbons (Fsp3) is 0.250. The normalized spacial score (nSPS) is 12.2. The van der Waals surface area contributed by atoms with E-state index in [1.54, 1.807) is 6.07 Å². The Morgan fingerprint density at radius 1 is 1.05 bits per heavy atom. The average molecular weight is 276 g/mol. The first-order chi connectivity index (χ1) is 9.47. The van der Waals surface area contributed by atoms with E-state index in [0.717, 1.165) is 17.3 Å². The highest BCUT2D eigenvalue weighted by atomic mass is 19.2. The molecule has 2 nitrogen and oxygen atoms in total. The highest BCUT2D eigenvalue weighted by molar-refractivity contribution is 5.48. The van der Waals surface area contributed by atoms with Gasteiger partial charge in [0.1, 0.15) is 0 Å². The maximum absolute atomic E-state index is 13.2. The monoisotopic (exact) mass is 276 g/mol. The number of anilines is 1. The Hall–Kier alpha value is -1.94. The fourth-order valence-electron chi connectivity index (χ4n) is 2.07. The van der Waals surface area contributed by atoms with Crippen LogP contribution in [0.15, 0.2) is 42.5 Å². The molecule has 20 heavy (non-hydrogen) atoms. The van der Waals surface area contributed by atoms with Gasteiger partial charge in [0, 0.05) is 25.8 Å². The van der Waals surface area contributed by atoms with Gasteiger partial charge in [0.2, 0.25) is 0 Å². The summed E-state index contributed by atoms with van der Waals surface area (Å²) in [5.74, 6) is -1.67. The van der Waals surface area contributed by atoms with Gasteiger partial charge in [0.05, 0.1) is 0 Å². The highest BCUT2D eigenvalue weighted by Crippen LogP contribution is 2.21. The van der Waals surface area contributed by atoms with Crippen molar-refractivity contribution in [1.29, 1.82) is 0 Å². The molecule has 0 heterocycles. The van der Waals surface area contributed by atoms with E-state index in [9.17, 15) is 8.78 Å². The number of benzene rings is 2. The summed E-state index contributed by atoms with van der Waals surface area (Å²) in [7, 11) is 3.92. The number of halogens is 2. The third-order valence-electron chi connectivity index (χ3n) is 3.25. The molecule has 2 rings (SSSR count). The topological polar surface area (TPSA) is 29.3 Å². The van der Waals surface area contributed by atoms with Gasteiger partial charge in [0.15, 0.2) is 11.6 Å². The summed E-state index contributed by atoms with van der Waals surface area (Å²) in [6, 6.07) is 11.5. The summed E-state index contributed by atoms with van der Waals surface area (Å²) >= 11 is 0. The van der Waals surface area contributed by atoms with Crippen LogP contribution in [0.2, 0.25) is 0 Å². The zero-order valence-electron chi connectivity index (χ0n) is 11.6. The van der Waals surface area contributed by atoms with Crippen molar-refractivity contribution in [2.75, 3.05) is 19.0 Å². The molecule has 0 bridgehead atoms. The van der Waals surface area contributed by atoms with Gasteiger partial charge in [0.25, 0.3) is 0 Å². The third kappa shape index (κ3) is 3.33. The standard InChI is InChI=1S/C16H18F2N2/c1-20(2)13-5-3-4-12(10-13)16(19)9-11-6-7-14(17)15(18)8-11/h3-8,10,16H,9,19H2,1-2H3. The molecule has 0 aliphatic rings. The second kappa shape index (κ2) is 6.01. The highest BCUT2D eigenvalue weighted by Gasteiger charge is 2.10. The maximum Gasteiger partial charge on any atom is 0.159 e. The van der Waals surface area contributed by atoms with Crippen LogP contribution >= 0.6 is 0 Å². The summed E-state index contributed by atoms with van der Waals surface area (Å²) in [5.41, 5.74) is 8.87. The minimum absolute atomic E-state index is 0.250. The van der Waals surface area contributed by atoms with Crippen LogP contribution in [0, 0.1) is 11.6 Å². The van der Waals surface area contributed by atoms with Gasteiger partial charge in [-0.05, 0) is 41.8 Å². The van der Waals surface area contributed by atoms with Crippen molar-refractivity contribution < 1.29 is 8.78 Å². The predicted molar refractivity (Wildman–Crippen MR) is 77.8 cm³/mol. The van der Waals surface area contributed by atoms with Crippen LogP contribution < -0.4 is 10.6 Å². The minimum Gasteiger partial charge on any atom is -0.378 e. The first kappa shape index (κ1) is 14.5. The second-order valence-corrected chi connectivity index (χ2v) is 5.05. The Kier molecular flexibility index (Phi) is 4.35. The Morgan fingerprint density at radius 3 is 2.45 bits per heavy atom. The largest absolute Gasteiger partial charge is 0.378 e. The van der Waals surface area contributed by atoms with Gasteiger partial charge >= 0.3 is 0 Å². The molecular formula is C16H18F2N2. The van der Waals surface area contributed by atoms with Crippen molar-refractivity contribution in [3.05, 3.63) is 65.2 Å². The smallest absolute Gasteiger partial charge is 0.159 e. The van der Waals surface area contributed by atoms with Crippen LogP contribution in [0.25, 0.3) is 0 Å². The Labute approximate surface area is 117 Å². The fourth-order valence-corrected chi connectivity index (χ4v) is 2.07. The Morgan fingerprint density at radius 2 is 1.80 bits per heavy atom. The molecule has 0 saturated heterocycles. The van der Waals surface area contributed by atoms with Gasteiger partial charge in [-0.3, -0.25) is 0 Å². The van der Waals surface area contributed by atoms with Gasteiger partial charge in [-0.15, -0.1) is 0 Å². The molecule has 0 fully saturated rings. The molecule has 1 unspecified atom stereocenters. The number of nitrogens with zero attached hydrogens (tertiary/aromatic N) is 1. The van der Waals surface area contributed by atoms with Gasteiger partial charge in [-0.2, -0.15) is 0 Å². The lowest BCUT2D eigenvalue weighted by Gasteiger charge is -2.17. The van der Waals surface area contributed by atoms with Crippen molar-refractivity contribution in [3.63, 3.8) is 0 Å². The van der Waals surface area contributed by atoms with Crippen molar-refractivity contribution in [2.24, 2.45) is 5.73 Å². The van der Waals surface area contributed by atoms with Gasteiger partial charge in [-0.25, -0.2) is 8.78 Å². The lowest BCUT2D eigenvalue weighted by molar-refractivity contribution is 0.506. The molecule has 2 N–H and O–H groups in total. The minimum atomic E-state index is -0.836. The molecule has 2 aromatic carbocycles. The van der Waals surface area contributed by atoms with Crippen LogP contribution in [-0.2, 0) is 6.42 Å². The van der Waals surface area contributed by atoms with Crippen LogP contribution in [0.5, 0.6) is 0 Å². The first-order valence-electron chi connectivity index (χ1n) is 6.44. The molecule has 4 heteroatoms. The predicted octanol–water partition coefficient (Wildman–Crippen LogP) is 3.27. The Bertz CT molecular complexity index is 597. The van der Waals surface area contributed by atoms with Crippen LogP contribution in [0.4, 0.5) is 14.5 Å². The summed E-state index contributed by atoms with van der Waals surface area (Å²) < 4.78 is 26.1. The Balaban J connectivity index is 2.17. The first-order valence-corrected chi connectivity index (χ1v) is 6.44. The molecule has 2 aromatic rings. The van der Waals surface area contributed by atoms with E-state index in [-0.39, 0.29) is 6.04 Å². The van der Waals surface area contributed by atoms with E-state index >= 15 is 0 Å². The zero-order chi connectivity index (χ0) is 14.7. The van der Waals surface area contributed by atoms with E-state index in [2.05, 4.69) is 0 Å². The van der Waals surface area contributed by atoms with E-state index in [0.29, 0.717) is 12.0 Å². The van der Waals surface area contributed by atoms with Crippen LogP contribution in [0.1, 0.15) is 17.2 Å². The summed E-state index contributed by atoms with van der Waals surface area (Å²) in [5, 5.41) is 0. The lowest BCUT2D eigenvalue weighted by atomic mass is 9.99. The van der Waals surface area contributed by atoms with Crippen molar-refractivity contribution in [1.82, 2.24) is 0 Å². The molecule has 0 radical (unpaired) electrons. The molecule has 0 saturated carbocycles. The maximum atomic E-state index is 13.2. The molecular weight excluding hydrogens is 258 g/mol. The quantitative estimate of drug-likeness (QED) is 0.928. The van der Waals surface area contributed by atoms with E-state index < -0.39 is 11.6 Å². The van der Waals surface area contributed by atoms with Crippen molar-refractivity contribution >= 4 is 5.69 Å². The lowest BCUT2D eigenvalue weighted by Crippen LogP contribution is -2.15. The van der Waals surface area contributed by atoms with Crippen molar-refractivity contribution in [2.45, 2.75) is 12.5 Å². The molecule has 0 amide bonds. The van der Waals surface area contributed by atoms with E-state index in [1.807, 2.05) is 43.3 Å². The van der Waals surface area contributed by atoms with Gasteiger partial charge in [-0.1, -0.05) is 18.2 Å². The molecule has 1 atom stereocenters.